The van der Waals surface area contributed by atoms with Crippen LogP contribution in [0.3, 0.4) is 0 Å². The van der Waals surface area contributed by atoms with Crippen molar-refractivity contribution in [2.75, 3.05) is 24.5 Å². The number of alkyl carbamates (subject to hydrolysis) is 1. The molecule has 144 valence electrons. The van der Waals surface area contributed by atoms with Crippen molar-refractivity contribution in [2.45, 2.75) is 58.6 Å². The van der Waals surface area contributed by atoms with Crippen LogP contribution in [-0.4, -0.2) is 43.3 Å². The first-order valence-corrected chi connectivity index (χ1v) is 9.34. The van der Waals surface area contributed by atoms with E-state index in [1.54, 1.807) is 0 Å². The molecular formula is C20H31N3O3. The number of para-hydroxylation sites is 1. The minimum absolute atomic E-state index is 0.0103. The van der Waals surface area contributed by atoms with Crippen LogP contribution >= 0.6 is 0 Å². The number of hydrogen-bond acceptors (Lipinski definition) is 4. The first-order valence-electron chi connectivity index (χ1n) is 9.34. The third kappa shape index (κ3) is 6.24. The van der Waals surface area contributed by atoms with Gasteiger partial charge in [0.25, 0.3) is 0 Å². The first-order chi connectivity index (χ1) is 12.3. The van der Waals surface area contributed by atoms with E-state index in [-0.39, 0.29) is 5.91 Å². The molecule has 0 fully saturated rings. The zero-order valence-electron chi connectivity index (χ0n) is 16.3. The molecule has 1 aliphatic rings. The van der Waals surface area contributed by atoms with Gasteiger partial charge >= 0.3 is 6.09 Å². The summed E-state index contributed by atoms with van der Waals surface area (Å²) in [7, 11) is 0. The molecule has 0 spiro atoms. The van der Waals surface area contributed by atoms with E-state index in [0.29, 0.717) is 32.0 Å². The Morgan fingerprint density at radius 2 is 1.92 bits per heavy atom. The molecule has 26 heavy (non-hydrogen) atoms. The molecule has 1 unspecified atom stereocenters. The maximum Gasteiger partial charge on any atom is 0.407 e. The molecule has 2 amide bonds. The topological polar surface area (TPSA) is 70.7 Å². The van der Waals surface area contributed by atoms with Gasteiger partial charge in [0.2, 0.25) is 5.91 Å². The summed E-state index contributed by atoms with van der Waals surface area (Å²) in [5.41, 5.74) is 2.14. The highest BCUT2D eigenvalue weighted by Crippen LogP contribution is 2.31. The number of hydrogen-bond donors (Lipinski definition) is 2. The largest absolute Gasteiger partial charge is 0.444 e. The van der Waals surface area contributed by atoms with Crippen molar-refractivity contribution in [1.82, 2.24) is 10.6 Å². The van der Waals surface area contributed by atoms with Crippen molar-refractivity contribution in [3.05, 3.63) is 29.8 Å². The molecule has 6 nitrogen and oxygen atoms in total. The van der Waals surface area contributed by atoms with Crippen molar-refractivity contribution in [3.63, 3.8) is 0 Å². The highest BCUT2D eigenvalue weighted by Gasteiger charge is 2.24. The zero-order valence-corrected chi connectivity index (χ0v) is 16.3. The van der Waals surface area contributed by atoms with Crippen molar-refractivity contribution in [2.24, 2.45) is 0 Å². The van der Waals surface area contributed by atoms with Crippen LogP contribution in [0.1, 0.15) is 46.1 Å². The number of nitrogens with zero attached hydrogens (tertiary/aromatic N) is 1. The quantitative estimate of drug-likeness (QED) is 0.733. The lowest BCUT2D eigenvalue weighted by atomic mass is 10.1. The number of carbonyl (C=O) groups is 2. The summed E-state index contributed by atoms with van der Waals surface area (Å²) in [4.78, 5) is 25.8. The van der Waals surface area contributed by atoms with Gasteiger partial charge in [-0.3, -0.25) is 4.79 Å². The summed E-state index contributed by atoms with van der Waals surface area (Å²) in [6, 6.07) is 8.90. The standard InChI is InChI=1S/C20H31N3O3/c1-15-14-16-8-5-6-9-17(16)23(15)13-12-21-18(24)10-7-11-22-19(25)26-20(2,3)4/h5-6,8-9,15H,7,10-14H2,1-4H3,(H,21,24)(H,22,25). The van der Waals surface area contributed by atoms with Gasteiger partial charge in [0.1, 0.15) is 5.60 Å². The van der Waals surface area contributed by atoms with Crippen LogP contribution in [0.5, 0.6) is 0 Å². The summed E-state index contributed by atoms with van der Waals surface area (Å²) in [5, 5.41) is 5.63. The normalized spacial score (nSPS) is 16.2. The molecule has 0 radical (unpaired) electrons. The van der Waals surface area contributed by atoms with E-state index in [0.717, 1.165) is 13.0 Å². The Kier molecular flexibility index (Phi) is 6.89. The van der Waals surface area contributed by atoms with Crippen molar-refractivity contribution < 1.29 is 14.3 Å². The molecule has 2 N–H and O–H groups in total. The van der Waals surface area contributed by atoms with Crippen molar-refractivity contribution >= 4 is 17.7 Å². The Morgan fingerprint density at radius 1 is 1.19 bits per heavy atom. The van der Waals surface area contributed by atoms with E-state index in [9.17, 15) is 9.59 Å². The Morgan fingerprint density at radius 3 is 2.65 bits per heavy atom. The summed E-state index contributed by atoms with van der Waals surface area (Å²) >= 11 is 0. The molecule has 0 aliphatic carbocycles. The molecule has 1 aromatic rings. The Labute approximate surface area is 156 Å². The Balaban J connectivity index is 1.60. The zero-order chi connectivity index (χ0) is 19.2. The fourth-order valence-electron chi connectivity index (χ4n) is 3.13. The van der Waals surface area contributed by atoms with Crippen LogP contribution in [0.2, 0.25) is 0 Å². The van der Waals surface area contributed by atoms with Gasteiger partial charge in [0.05, 0.1) is 0 Å². The summed E-state index contributed by atoms with van der Waals surface area (Å²) in [6.07, 6.45) is 1.59. The highest BCUT2D eigenvalue weighted by atomic mass is 16.6. The first kappa shape index (κ1) is 20.1. The number of nitrogens with one attached hydrogen (secondary N) is 2. The fraction of sp³-hybridized carbons (Fsp3) is 0.600. The van der Waals surface area contributed by atoms with E-state index < -0.39 is 11.7 Å². The second-order valence-corrected chi connectivity index (χ2v) is 7.76. The lowest BCUT2D eigenvalue weighted by molar-refractivity contribution is -0.121. The molecule has 6 heteroatoms. The Bertz CT molecular complexity index is 625. The summed E-state index contributed by atoms with van der Waals surface area (Å²) < 4.78 is 5.15. The third-order valence-electron chi connectivity index (χ3n) is 4.27. The SMILES string of the molecule is CC1Cc2ccccc2N1CCNC(=O)CCCNC(=O)OC(C)(C)C. The number of carbonyl (C=O) groups excluding carboxylic acids is 2. The third-order valence-corrected chi connectivity index (χ3v) is 4.27. The van der Waals surface area contributed by atoms with Crippen LogP contribution in [-0.2, 0) is 16.0 Å². The van der Waals surface area contributed by atoms with Gasteiger partial charge in [-0.05, 0) is 52.2 Å². The number of rotatable bonds is 7. The number of ether oxygens (including phenoxy) is 1. The van der Waals surface area contributed by atoms with Gasteiger partial charge in [-0.25, -0.2) is 4.79 Å². The predicted octanol–water partition coefficient (Wildman–Crippen LogP) is 2.86. The molecule has 1 heterocycles. The molecule has 1 atom stereocenters. The van der Waals surface area contributed by atoms with E-state index in [2.05, 4.69) is 46.7 Å². The molecule has 0 saturated heterocycles. The average Bonchev–Trinajstić information content (AvgIpc) is 2.86. The van der Waals surface area contributed by atoms with E-state index in [1.807, 2.05) is 20.8 Å². The average molecular weight is 361 g/mol. The molecule has 0 aromatic heterocycles. The second kappa shape index (κ2) is 8.92. The lowest BCUT2D eigenvalue weighted by Gasteiger charge is -2.25. The van der Waals surface area contributed by atoms with Gasteiger partial charge in [0, 0.05) is 37.8 Å². The maximum absolute atomic E-state index is 11.9. The van der Waals surface area contributed by atoms with Crippen molar-refractivity contribution in [1.29, 1.82) is 0 Å². The van der Waals surface area contributed by atoms with Crippen LogP contribution < -0.4 is 15.5 Å². The van der Waals surface area contributed by atoms with Gasteiger partial charge in [-0.1, -0.05) is 18.2 Å². The summed E-state index contributed by atoms with van der Waals surface area (Å²) in [5.74, 6) is 0.0103. The maximum atomic E-state index is 11.9. The number of fused-ring (bicyclic) bond motifs is 1. The van der Waals surface area contributed by atoms with E-state index >= 15 is 0 Å². The van der Waals surface area contributed by atoms with E-state index in [4.69, 9.17) is 4.74 Å². The smallest absolute Gasteiger partial charge is 0.407 e. The molecule has 0 saturated carbocycles. The minimum atomic E-state index is -0.507. The van der Waals surface area contributed by atoms with Gasteiger partial charge in [0.15, 0.2) is 0 Å². The van der Waals surface area contributed by atoms with Gasteiger partial charge in [-0.2, -0.15) is 0 Å². The van der Waals surface area contributed by atoms with Crippen LogP contribution in [0.25, 0.3) is 0 Å². The van der Waals surface area contributed by atoms with Crippen LogP contribution in [0, 0.1) is 0 Å². The lowest BCUT2D eigenvalue weighted by Crippen LogP contribution is -2.38. The highest BCUT2D eigenvalue weighted by molar-refractivity contribution is 5.76. The van der Waals surface area contributed by atoms with E-state index in [1.165, 1.54) is 11.3 Å². The number of anilines is 1. The van der Waals surface area contributed by atoms with Crippen LogP contribution in [0.4, 0.5) is 10.5 Å². The second-order valence-electron chi connectivity index (χ2n) is 7.76. The van der Waals surface area contributed by atoms with Crippen molar-refractivity contribution in [3.8, 4) is 0 Å². The molecule has 2 rings (SSSR count). The minimum Gasteiger partial charge on any atom is -0.444 e. The molecule has 1 aliphatic heterocycles. The molecule has 0 bridgehead atoms. The fourth-order valence-corrected chi connectivity index (χ4v) is 3.13. The molecular weight excluding hydrogens is 330 g/mol. The number of amides is 2. The van der Waals surface area contributed by atoms with Gasteiger partial charge < -0.3 is 20.3 Å². The number of benzene rings is 1. The molecule has 1 aromatic carbocycles. The monoisotopic (exact) mass is 361 g/mol. The predicted molar refractivity (Wildman–Crippen MR) is 103 cm³/mol. The summed E-state index contributed by atoms with van der Waals surface area (Å²) in [6.45, 7) is 9.53. The van der Waals surface area contributed by atoms with Crippen LogP contribution in [0.15, 0.2) is 24.3 Å². The van der Waals surface area contributed by atoms with Gasteiger partial charge in [-0.15, -0.1) is 0 Å². The Hall–Kier alpha value is -2.24.